The summed E-state index contributed by atoms with van der Waals surface area (Å²) in [6.45, 7) is 5.01. The smallest absolute Gasteiger partial charge is 0.237 e. The maximum Gasteiger partial charge on any atom is 0.237 e. The molecule has 1 aromatic carbocycles. The Labute approximate surface area is 199 Å². The third-order valence-electron chi connectivity index (χ3n) is 5.91. The second kappa shape index (κ2) is 13.0. The number of aliphatic hydroxyl groups excluding tert-OH is 1. The normalized spacial score (nSPS) is 16.6. The molecule has 1 aliphatic heterocycles. The van der Waals surface area contributed by atoms with Gasteiger partial charge in [0, 0.05) is 38.2 Å². The molecule has 0 unspecified atom stereocenters. The first-order valence-corrected chi connectivity index (χ1v) is 12.5. The Bertz CT molecular complexity index is 860. The number of thiophene rings is 1. The molecule has 0 spiro atoms. The third-order valence-corrected chi connectivity index (χ3v) is 6.91. The fourth-order valence-electron chi connectivity index (χ4n) is 4.25. The van der Waals surface area contributed by atoms with Gasteiger partial charge in [0.1, 0.15) is 18.2 Å². The van der Waals surface area contributed by atoms with Crippen LogP contribution in [0.3, 0.4) is 0 Å². The van der Waals surface area contributed by atoms with Crippen molar-refractivity contribution in [1.82, 2.24) is 9.80 Å². The van der Waals surface area contributed by atoms with E-state index in [1.54, 1.807) is 30.6 Å². The highest BCUT2D eigenvalue weighted by atomic mass is 32.1. The summed E-state index contributed by atoms with van der Waals surface area (Å²) < 4.78 is 24.4. The molecular formula is C25H35FN2O4S. The van der Waals surface area contributed by atoms with E-state index in [9.17, 15) is 14.3 Å². The second-order valence-corrected chi connectivity index (χ2v) is 9.44. The Hall–Kier alpha value is -2.00. The van der Waals surface area contributed by atoms with E-state index >= 15 is 0 Å². The Morgan fingerprint density at radius 2 is 2.12 bits per heavy atom. The van der Waals surface area contributed by atoms with Crippen molar-refractivity contribution in [2.75, 3.05) is 46.5 Å². The molecule has 3 rings (SSSR count). The first-order chi connectivity index (χ1) is 16.0. The molecular weight excluding hydrogens is 443 g/mol. The molecule has 8 heteroatoms. The molecule has 0 saturated carbocycles. The van der Waals surface area contributed by atoms with Crippen LogP contribution >= 0.6 is 11.3 Å². The number of aliphatic hydroxyl groups is 1. The number of nitrogens with zero attached hydrogens (tertiary/aromatic N) is 2. The monoisotopic (exact) mass is 478 g/mol. The minimum absolute atomic E-state index is 0.0284. The van der Waals surface area contributed by atoms with Crippen LogP contribution in [0.2, 0.25) is 0 Å². The number of hydrogen-bond acceptors (Lipinski definition) is 6. The highest BCUT2D eigenvalue weighted by Gasteiger charge is 2.33. The van der Waals surface area contributed by atoms with Gasteiger partial charge in [-0.1, -0.05) is 13.3 Å². The number of fused-ring (bicyclic) bond motifs is 1. The summed E-state index contributed by atoms with van der Waals surface area (Å²) in [5, 5.41) is 12.4. The van der Waals surface area contributed by atoms with E-state index in [2.05, 4.69) is 11.4 Å². The number of hydrogen-bond donors (Lipinski definition) is 1. The van der Waals surface area contributed by atoms with Crippen molar-refractivity contribution in [3.05, 3.63) is 52.0 Å². The molecule has 0 radical (unpaired) electrons. The van der Waals surface area contributed by atoms with Crippen LogP contribution in [0, 0.1) is 5.82 Å². The lowest BCUT2D eigenvalue weighted by molar-refractivity contribution is -0.136. The number of carbonyl (C=O) groups is 1. The van der Waals surface area contributed by atoms with Gasteiger partial charge in [0.15, 0.2) is 0 Å². The number of halogens is 1. The minimum atomic E-state index is -0.451. The van der Waals surface area contributed by atoms with Crippen LogP contribution in [0.1, 0.15) is 42.7 Å². The topological polar surface area (TPSA) is 62.2 Å². The molecule has 33 heavy (non-hydrogen) atoms. The maximum absolute atomic E-state index is 13.4. The number of benzene rings is 1. The average molecular weight is 479 g/mol. The lowest BCUT2D eigenvalue weighted by atomic mass is 10.0. The number of rotatable bonds is 13. The molecule has 6 nitrogen and oxygen atoms in total. The summed E-state index contributed by atoms with van der Waals surface area (Å²) >= 11 is 1.71. The standard InChI is InChI=1S/C25H35FN2O4S/c1-3-5-20(29)16-27(12-4-14-31-2)17-25(30)28-13-10-24-22(11-15-33-24)23(28)18-32-21-8-6-19(26)7-9-21/h6-9,11,15,20,23,29H,3-5,10,12-14,16-18H2,1-2H3/t20-,23+/m0/s1. The van der Waals surface area contributed by atoms with E-state index in [0.717, 1.165) is 24.8 Å². The fourth-order valence-corrected chi connectivity index (χ4v) is 5.18. The quantitative estimate of drug-likeness (QED) is 0.443. The highest BCUT2D eigenvalue weighted by Crippen LogP contribution is 2.34. The Morgan fingerprint density at radius 3 is 2.85 bits per heavy atom. The predicted molar refractivity (Wildman–Crippen MR) is 128 cm³/mol. The molecule has 0 fully saturated rings. The molecule has 0 bridgehead atoms. The largest absolute Gasteiger partial charge is 0.491 e. The van der Waals surface area contributed by atoms with Crippen LogP contribution in [0.15, 0.2) is 35.7 Å². The van der Waals surface area contributed by atoms with Crippen molar-refractivity contribution in [2.45, 2.75) is 44.8 Å². The van der Waals surface area contributed by atoms with Gasteiger partial charge >= 0.3 is 0 Å². The van der Waals surface area contributed by atoms with Crippen molar-refractivity contribution < 1.29 is 23.8 Å². The van der Waals surface area contributed by atoms with Crippen LogP contribution in [0.5, 0.6) is 5.75 Å². The van der Waals surface area contributed by atoms with E-state index in [1.165, 1.54) is 17.0 Å². The molecule has 2 atom stereocenters. The first kappa shape index (κ1) is 25.6. The molecule has 1 N–H and O–H groups in total. The van der Waals surface area contributed by atoms with Gasteiger partial charge in [0.25, 0.3) is 0 Å². The summed E-state index contributed by atoms with van der Waals surface area (Å²) in [4.78, 5) is 18.7. The molecule has 182 valence electrons. The lowest BCUT2D eigenvalue weighted by Gasteiger charge is -2.37. The maximum atomic E-state index is 13.4. The molecule has 0 aliphatic carbocycles. The minimum Gasteiger partial charge on any atom is -0.491 e. The lowest BCUT2D eigenvalue weighted by Crippen LogP contribution is -2.48. The summed E-state index contributed by atoms with van der Waals surface area (Å²) in [5.74, 6) is 0.298. The molecule has 1 amide bonds. The van der Waals surface area contributed by atoms with E-state index in [1.807, 2.05) is 16.7 Å². The van der Waals surface area contributed by atoms with Crippen LogP contribution < -0.4 is 4.74 Å². The average Bonchev–Trinajstić information content (AvgIpc) is 3.28. The van der Waals surface area contributed by atoms with E-state index in [-0.39, 0.29) is 24.3 Å². The number of ether oxygens (including phenoxy) is 2. The zero-order valence-corrected chi connectivity index (χ0v) is 20.4. The zero-order chi connectivity index (χ0) is 23.6. The fraction of sp³-hybridized carbons (Fsp3) is 0.560. The van der Waals surface area contributed by atoms with Crippen LogP contribution in [0.4, 0.5) is 4.39 Å². The van der Waals surface area contributed by atoms with Gasteiger partial charge in [0.05, 0.1) is 18.7 Å². The van der Waals surface area contributed by atoms with E-state index in [0.29, 0.717) is 45.0 Å². The number of amides is 1. The summed E-state index contributed by atoms with van der Waals surface area (Å²) in [6.07, 6.45) is 2.79. The van der Waals surface area contributed by atoms with Gasteiger partial charge in [-0.15, -0.1) is 11.3 Å². The highest BCUT2D eigenvalue weighted by molar-refractivity contribution is 7.10. The molecule has 2 heterocycles. The Morgan fingerprint density at radius 1 is 1.33 bits per heavy atom. The number of methoxy groups -OCH3 is 1. The van der Waals surface area contributed by atoms with Crippen molar-refractivity contribution in [1.29, 1.82) is 0 Å². The Balaban J connectivity index is 1.69. The van der Waals surface area contributed by atoms with Gasteiger partial charge in [-0.2, -0.15) is 0 Å². The number of carbonyl (C=O) groups excluding carboxylic acids is 1. The van der Waals surface area contributed by atoms with E-state index < -0.39 is 6.10 Å². The molecule has 0 saturated heterocycles. The van der Waals surface area contributed by atoms with Crippen LogP contribution in [0.25, 0.3) is 0 Å². The third kappa shape index (κ3) is 7.50. The van der Waals surface area contributed by atoms with Gasteiger partial charge < -0.3 is 19.5 Å². The van der Waals surface area contributed by atoms with Gasteiger partial charge in [0.2, 0.25) is 5.91 Å². The van der Waals surface area contributed by atoms with Gasteiger partial charge in [-0.05, 0) is 60.5 Å². The van der Waals surface area contributed by atoms with Crippen molar-refractivity contribution in [3.63, 3.8) is 0 Å². The van der Waals surface area contributed by atoms with Crippen molar-refractivity contribution in [2.24, 2.45) is 0 Å². The molecule has 1 aromatic heterocycles. The second-order valence-electron chi connectivity index (χ2n) is 8.44. The van der Waals surface area contributed by atoms with Crippen LogP contribution in [-0.4, -0.2) is 73.4 Å². The zero-order valence-electron chi connectivity index (χ0n) is 19.5. The van der Waals surface area contributed by atoms with Crippen molar-refractivity contribution in [3.8, 4) is 5.75 Å². The van der Waals surface area contributed by atoms with Gasteiger partial charge in [-0.3, -0.25) is 9.69 Å². The SMILES string of the molecule is CCC[C@H](O)CN(CCCOC)CC(=O)N1CCc2sccc2[C@H]1COc1ccc(F)cc1. The molecule has 1 aliphatic rings. The summed E-state index contributed by atoms with van der Waals surface area (Å²) in [7, 11) is 1.67. The molecule has 2 aromatic rings. The van der Waals surface area contributed by atoms with Crippen molar-refractivity contribution >= 4 is 17.2 Å². The van der Waals surface area contributed by atoms with E-state index in [4.69, 9.17) is 9.47 Å². The summed E-state index contributed by atoms with van der Waals surface area (Å²) in [5.41, 5.74) is 1.12. The predicted octanol–water partition coefficient (Wildman–Crippen LogP) is 3.89. The van der Waals surface area contributed by atoms with Crippen LogP contribution in [-0.2, 0) is 16.0 Å². The van der Waals surface area contributed by atoms with Gasteiger partial charge in [-0.25, -0.2) is 4.39 Å². The first-order valence-electron chi connectivity index (χ1n) is 11.6. The Kier molecular flexibility index (Phi) is 10.1. The summed E-state index contributed by atoms with van der Waals surface area (Å²) in [6, 6.07) is 7.82.